The summed E-state index contributed by atoms with van der Waals surface area (Å²) in [5, 5.41) is 0. The molecule has 1 rings (SSSR count). The van der Waals surface area contributed by atoms with Crippen LogP contribution in [-0.4, -0.2) is 48.9 Å². The molecule has 6 nitrogen and oxygen atoms in total. The van der Waals surface area contributed by atoms with E-state index in [1.165, 1.54) is 6.92 Å². The summed E-state index contributed by atoms with van der Waals surface area (Å²) >= 11 is 0. The lowest BCUT2D eigenvalue weighted by Gasteiger charge is -2.27. The van der Waals surface area contributed by atoms with Crippen molar-refractivity contribution in [3.8, 4) is 0 Å². The van der Waals surface area contributed by atoms with Gasteiger partial charge in [0.05, 0.1) is 13.2 Å². The first-order chi connectivity index (χ1) is 11.3. The van der Waals surface area contributed by atoms with Gasteiger partial charge in [-0.3, -0.25) is 4.79 Å². The summed E-state index contributed by atoms with van der Waals surface area (Å²) in [7, 11) is 0. The summed E-state index contributed by atoms with van der Waals surface area (Å²) in [6.45, 7) is 8.54. The first kappa shape index (κ1) is 20.0. The second kappa shape index (κ2) is 9.93. The van der Waals surface area contributed by atoms with E-state index in [-0.39, 0.29) is 18.7 Å². The molecule has 0 aliphatic carbocycles. The van der Waals surface area contributed by atoms with Gasteiger partial charge in [0.2, 0.25) is 0 Å². The summed E-state index contributed by atoms with van der Waals surface area (Å²) in [5.74, 6) is -0.335. The third-order valence-electron chi connectivity index (χ3n) is 2.91. The van der Waals surface area contributed by atoms with Crippen molar-refractivity contribution in [3.05, 3.63) is 35.9 Å². The zero-order valence-corrected chi connectivity index (χ0v) is 14.9. The second-order valence-corrected chi connectivity index (χ2v) is 6.34. The van der Waals surface area contributed by atoms with E-state index in [4.69, 9.17) is 14.2 Å². The van der Waals surface area contributed by atoms with Gasteiger partial charge in [0.1, 0.15) is 12.2 Å². The standard InChI is InChI=1S/C18H27NO5/c1-15(20)23-13-12-22-11-10-19(17(21)24-18(2,3)4)14-16-8-6-5-7-9-16/h5-9H,10-14H2,1-4H3. The van der Waals surface area contributed by atoms with Crippen molar-refractivity contribution >= 4 is 12.1 Å². The molecule has 0 saturated carbocycles. The third-order valence-corrected chi connectivity index (χ3v) is 2.91. The molecule has 0 spiro atoms. The van der Waals surface area contributed by atoms with E-state index < -0.39 is 5.60 Å². The van der Waals surface area contributed by atoms with Crippen molar-refractivity contribution in [2.45, 2.75) is 39.8 Å². The highest BCUT2D eigenvalue weighted by Gasteiger charge is 2.22. The van der Waals surface area contributed by atoms with Crippen LogP contribution in [0.5, 0.6) is 0 Å². The van der Waals surface area contributed by atoms with Gasteiger partial charge >= 0.3 is 12.1 Å². The van der Waals surface area contributed by atoms with Gasteiger partial charge in [0.15, 0.2) is 0 Å². The van der Waals surface area contributed by atoms with E-state index in [9.17, 15) is 9.59 Å². The number of rotatable bonds is 8. The van der Waals surface area contributed by atoms with Gasteiger partial charge in [-0.15, -0.1) is 0 Å². The number of esters is 1. The predicted molar refractivity (Wildman–Crippen MR) is 90.5 cm³/mol. The van der Waals surface area contributed by atoms with Crippen molar-refractivity contribution in [1.29, 1.82) is 0 Å². The van der Waals surface area contributed by atoms with E-state index in [0.717, 1.165) is 5.56 Å². The summed E-state index contributed by atoms with van der Waals surface area (Å²) < 4.78 is 15.6. The van der Waals surface area contributed by atoms with Crippen LogP contribution in [0.25, 0.3) is 0 Å². The van der Waals surface area contributed by atoms with Crippen LogP contribution in [0, 0.1) is 0 Å². The summed E-state index contributed by atoms with van der Waals surface area (Å²) in [6, 6.07) is 9.70. The number of ether oxygens (including phenoxy) is 3. The molecular formula is C18H27NO5. The first-order valence-electron chi connectivity index (χ1n) is 8.01. The maximum Gasteiger partial charge on any atom is 0.410 e. The van der Waals surface area contributed by atoms with Gasteiger partial charge in [0, 0.05) is 20.0 Å². The summed E-state index contributed by atoms with van der Waals surface area (Å²) in [4.78, 5) is 24.6. The molecule has 0 aliphatic rings. The Kier molecular flexibility index (Phi) is 8.26. The topological polar surface area (TPSA) is 65.1 Å². The smallest absolute Gasteiger partial charge is 0.410 e. The molecule has 0 unspecified atom stereocenters. The summed E-state index contributed by atoms with van der Waals surface area (Å²) in [6.07, 6.45) is -0.380. The quantitative estimate of drug-likeness (QED) is 0.539. The Morgan fingerprint density at radius 3 is 2.29 bits per heavy atom. The molecule has 6 heteroatoms. The second-order valence-electron chi connectivity index (χ2n) is 6.34. The van der Waals surface area contributed by atoms with Crippen LogP contribution in [0.1, 0.15) is 33.3 Å². The Balaban J connectivity index is 2.51. The average Bonchev–Trinajstić information content (AvgIpc) is 2.48. The number of benzene rings is 1. The third kappa shape index (κ3) is 9.15. The van der Waals surface area contributed by atoms with E-state index in [1.54, 1.807) is 4.90 Å². The fourth-order valence-electron chi connectivity index (χ4n) is 1.89. The van der Waals surface area contributed by atoms with Crippen molar-refractivity contribution < 1.29 is 23.8 Å². The normalized spacial score (nSPS) is 11.0. The molecule has 0 radical (unpaired) electrons. The number of nitrogens with zero attached hydrogens (tertiary/aromatic N) is 1. The summed E-state index contributed by atoms with van der Waals surface area (Å²) in [5.41, 5.74) is 0.464. The van der Waals surface area contributed by atoms with Crippen molar-refractivity contribution in [1.82, 2.24) is 4.90 Å². The molecule has 1 amide bonds. The number of carbonyl (C=O) groups is 2. The first-order valence-corrected chi connectivity index (χ1v) is 8.01. The zero-order valence-electron chi connectivity index (χ0n) is 14.9. The molecule has 134 valence electrons. The fraction of sp³-hybridized carbons (Fsp3) is 0.556. The highest BCUT2D eigenvalue weighted by molar-refractivity contribution is 5.68. The van der Waals surface area contributed by atoms with Crippen LogP contribution in [0.2, 0.25) is 0 Å². The Bertz CT molecular complexity index is 510. The van der Waals surface area contributed by atoms with Crippen molar-refractivity contribution in [3.63, 3.8) is 0 Å². The molecule has 0 heterocycles. The average molecular weight is 337 g/mol. The molecule has 0 aromatic heterocycles. The van der Waals surface area contributed by atoms with Crippen molar-refractivity contribution in [2.75, 3.05) is 26.4 Å². The lowest BCUT2D eigenvalue weighted by atomic mass is 10.2. The van der Waals surface area contributed by atoms with Crippen LogP contribution in [0.4, 0.5) is 4.79 Å². The predicted octanol–water partition coefficient (Wildman–Crippen LogP) is 3.00. The van der Waals surface area contributed by atoms with E-state index in [2.05, 4.69) is 0 Å². The van der Waals surface area contributed by atoms with E-state index in [0.29, 0.717) is 26.3 Å². The molecule has 0 saturated heterocycles. The van der Waals surface area contributed by atoms with Gasteiger partial charge in [-0.1, -0.05) is 30.3 Å². The monoisotopic (exact) mass is 337 g/mol. The Hall–Kier alpha value is -2.08. The lowest BCUT2D eigenvalue weighted by Crippen LogP contribution is -2.38. The van der Waals surface area contributed by atoms with Crippen LogP contribution in [0.15, 0.2) is 30.3 Å². The van der Waals surface area contributed by atoms with Crippen LogP contribution in [-0.2, 0) is 25.5 Å². The Labute approximate surface area is 143 Å². The highest BCUT2D eigenvalue weighted by atomic mass is 16.6. The number of hydrogen-bond donors (Lipinski definition) is 0. The Morgan fingerprint density at radius 2 is 1.71 bits per heavy atom. The van der Waals surface area contributed by atoms with Gasteiger partial charge in [-0.2, -0.15) is 0 Å². The molecular weight excluding hydrogens is 310 g/mol. The van der Waals surface area contributed by atoms with E-state index >= 15 is 0 Å². The molecule has 0 fully saturated rings. The van der Waals surface area contributed by atoms with Gasteiger partial charge in [-0.25, -0.2) is 4.79 Å². The Morgan fingerprint density at radius 1 is 1.04 bits per heavy atom. The number of hydrogen-bond acceptors (Lipinski definition) is 5. The molecule has 1 aromatic carbocycles. The molecule has 0 N–H and O–H groups in total. The maximum atomic E-state index is 12.4. The minimum absolute atomic E-state index is 0.209. The number of carbonyl (C=O) groups excluding carboxylic acids is 2. The molecule has 24 heavy (non-hydrogen) atoms. The van der Waals surface area contributed by atoms with E-state index in [1.807, 2.05) is 51.1 Å². The highest BCUT2D eigenvalue weighted by Crippen LogP contribution is 2.12. The van der Waals surface area contributed by atoms with Crippen LogP contribution >= 0.6 is 0 Å². The minimum Gasteiger partial charge on any atom is -0.463 e. The largest absolute Gasteiger partial charge is 0.463 e. The minimum atomic E-state index is -0.553. The molecule has 0 atom stereocenters. The maximum absolute atomic E-state index is 12.4. The van der Waals surface area contributed by atoms with Gasteiger partial charge in [-0.05, 0) is 26.3 Å². The molecule has 0 aliphatic heterocycles. The SMILES string of the molecule is CC(=O)OCCOCCN(Cc1ccccc1)C(=O)OC(C)(C)C. The van der Waals surface area contributed by atoms with Crippen LogP contribution < -0.4 is 0 Å². The lowest BCUT2D eigenvalue weighted by molar-refractivity contribution is -0.142. The zero-order chi connectivity index (χ0) is 18.0. The van der Waals surface area contributed by atoms with Gasteiger partial charge < -0.3 is 19.1 Å². The number of amides is 1. The van der Waals surface area contributed by atoms with Crippen molar-refractivity contribution in [2.24, 2.45) is 0 Å². The van der Waals surface area contributed by atoms with Crippen LogP contribution in [0.3, 0.4) is 0 Å². The van der Waals surface area contributed by atoms with Gasteiger partial charge in [0.25, 0.3) is 0 Å². The fourth-order valence-corrected chi connectivity index (χ4v) is 1.89. The molecule has 0 bridgehead atoms. The molecule has 1 aromatic rings.